The van der Waals surface area contributed by atoms with Crippen molar-refractivity contribution in [3.63, 3.8) is 0 Å². The average molecular weight is 278 g/mol. The third-order valence-corrected chi connectivity index (χ3v) is 4.56. The summed E-state index contributed by atoms with van der Waals surface area (Å²) in [5.41, 5.74) is 0. The summed E-state index contributed by atoms with van der Waals surface area (Å²) in [5.74, 6) is 0. The molecule has 0 amide bonds. The second-order valence-electron chi connectivity index (χ2n) is 5.97. The lowest BCUT2D eigenvalue weighted by Gasteiger charge is -2.48. The fraction of sp³-hybridized carbons (Fsp3) is 0.800. The zero-order valence-corrected chi connectivity index (χ0v) is 12.4. The van der Waals surface area contributed by atoms with Gasteiger partial charge in [0.1, 0.15) is 0 Å². The van der Waals surface area contributed by atoms with Gasteiger partial charge in [0.2, 0.25) is 0 Å². The molecule has 5 heteroatoms. The van der Waals surface area contributed by atoms with Crippen molar-refractivity contribution in [1.82, 2.24) is 19.4 Å². The molecule has 2 aliphatic rings. The van der Waals surface area contributed by atoms with Crippen LogP contribution in [-0.2, 0) is 11.3 Å². The normalized spacial score (nSPS) is 28.4. The summed E-state index contributed by atoms with van der Waals surface area (Å²) >= 11 is 0. The Morgan fingerprint density at radius 2 is 2.20 bits per heavy atom. The Morgan fingerprint density at radius 3 is 3.00 bits per heavy atom. The molecule has 1 aromatic rings. The zero-order chi connectivity index (χ0) is 13.8. The van der Waals surface area contributed by atoms with Crippen LogP contribution >= 0.6 is 0 Å². The Hall–Kier alpha value is -0.910. The molecule has 2 atom stereocenters. The predicted octanol–water partition coefficient (Wildman–Crippen LogP) is 1.07. The van der Waals surface area contributed by atoms with E-state index in [0.717, 1.165) is 32.8 Å². The first-order valence-electron chi connectivity index (χ1n) is 7.88. The molecule has 112 valence electrons. The number of aromatic nitrogens is 2. The first kappa shape index (κ1) is 14.0. The van der Waals surface area contributed by atoms with Crippen molar-refractivity contribution in [2.75, 3.05) is 39.4 Å². The standard InChI is InChI=1S/C15H26N4O/c1-2-3-14-11-20-12-15-10-17(8-9-19(14)15)6-7-18-5-4-16-13-18/h4-5,13-15H,2-3,6-12H2,1H3/t14-,15+/m0/s1. The molecule has 2 aliphatic heterocycles. The van der Waals surface area contributed by atoms with E-state index in [2.05, 4.69) is 26.3 Å². The van der Waals surface area contributed by atoms with E-state index in [0.29, 0.717) is 12.1 Å². The van der Waals surface area contributed by atoms with Crippen LogP contribution in [0.4, 0.5) is 0 Å². The maximum absolute atomic E-state index is 5.82. The molecule has 0 unspecified atom stereocenters. The van der Waals surface area contributed by atoms with Gasteiger partial charge >= 0.3 is 0 Å². The van der Waals surface area contributed by atoms with Crippen LogP contribution in [0.25, 0.3) is 0 Å². The van der Waals surface area contributed by atoms with Gasteiger partial charge < -0.3 is 9.30 Å². The molecule has 2 saturated heterocycles. The van der Waals surface area contributed by atoms with E-state index < -0.39 is 0 Å². The lowest BCUT2D eigenvalue weighted by molar-refractivity contribution is -0.0830. The van der Waals surface area contributed by atoms with Gasteiger partial charge in [-0.25, -0.2) is 4.98 Å². The van der Waals surface area contributed by atoms with E-state index >= 15 is 0 Å². The third kappa shape index (κ3) is 3.22. The van der Waals surface area contributed by atoms with Gasteiger partial charge in [-0.05, 0) is 6.42 Å². The van der Waals surface area contributed by atoms with Crippen LogP contribution in [-0.4, -0.2) is 70.8 Å². The largest absolute Gasteiger partial charge is 0.378 e. The Morgan fingerprint density at radius 1 is 1.25 bits per heavy atom. The number of hydrogen-bond donors (Lipinski definition) is 0. The molecular formula is C15H26N4O. The summed E-state index contributed by atoms with van der Waals surface area (Å²) in [7, 11) is 0. The monoisotopic (exact) mass is 278 g/mol. The number of piperazine rings is 1. The number of imidazole rings is 1. The van der Waals surface area contributed by atoms with Crippen LogP contribution in [0, 0.1) is 0 Å². The van der Waals surface area contributed by atoms with E-state index in [1.807, 2.05) is 18.7 Å². The highest BCUT2D eigenvalue weighted by Crippen LogP contribution is 2.21. The first-order chi connectivity index (χ1) is 9.86. The highest BCUT2D eigenvalue weighted by molar-refractivity contribution is 4.89. The van der Waals surface area contributed by atoms with Crippen LogP contribution in [0.5, 0.6) is 0 Å². The maximum atomic E-state index is 5.82. The van der Waals surface area contributed by atoms with Crippen molar-refractivity contribution in [2.45, 2.75) is 38.4 Å². The second-order valence-corrected chi connectivity index (χ2v) is 5.97. The number of hydrogen-bond acceptors (Lipinski definition) is 4. The van der Waals surface area contributed by atoms with Crippen LogP contribution in [0.1, 0.15) is 19.8 Å². The summed E-state index contributed by atoms with van der Waals surface area (Å²) < 4.78 is 7.98. The van der Waals surface area contributed by atoms with E-state index in [1.54, 1.807) is 0 Å². The van der Waals surface area contributed by atoms with E-state index in [1.165, 1.54) is 25.9 Å². The lowest BCUT2D eigenvalue weighted by Crippen LogP contribution is -2.62. The van der Waals surface area contributed by atoms with Crippen LogP contribution in [0.2, 0.25) is 0 Å². The Labute approximate surface area is 121 Å². The molecule has 0 bridgehead atoms. The molecule has 3 rings (SSSR count). The molecule has 0 aliphatic carbocycles. The molecule has 1 aromatic heterocycles. The number of rotatable bonds is 5. The van der Waals surface area contributed by atoms with Gasteiger partial charge in [0.15, 0.2) is 0 Å². The molecular weight excluding hydrogens is 252 g/mol. The van der Waals surface area contributed by atoms with Crippen molar-refractivity contribution < 1.29 is 4.74 Å². The topological polar surface area (TPSA) is 33.5 Å². The van der Waals surface area contributed by atoms with Gasteiger partial charge in [-0.15, -0.1) is 0 Å². The molecule has 2 fully saturated rings. The highest BCUT2D eigenvalue weighted by Gasteiger charge is 2.34. The molecule has 0 N–H and O–H groups in total. The highest BCUT2D eigenvalue weighted by atomic mass is 16.5. The van der Waals surface area contributed by atoms with Crippen molar-refractivity contribution in [3.8, 4) is 0 Å². The molecule has 0 spiro atoms. The third-order valence-electron chi connectivity index (χ3n) is 4.56. The fourth-order valence-electron chi connectivity index (χ4n) is 3.46. The van der Waals surface area contributed by atoms with Crippen molar-refractivity contribution >= 4 is 0 Å². The smallest absolute Gasteiger partial charge is 0.0946 e. The minimum atomic E-state index is 0.594. The Kier molecular flexibility index (Phi) is 4.70. The quantitative estimate of drug-likeness (QED) is 0.807. The van der Waals surface area contributed by atoms with Crippen LogP contribution < -0.4 is 0 Å². The van der Waals surface area contributed by atoms with Crippen molar-refractivity contribution in [1.29, 1.82) is 0 Å². The Balaban J connectivity index is 1.50. The maximum Gasteiger partial charge on any atom is 0.0946 e. The SMILES string of the molecule is CCC[C@H]1COC[C@H]2CN(CCn3ccnc3)CCN12. The Bertz CT molecular complexity index is 393. The summed E-state index contributed by atoms with van der Waals surface area (Å²) in [5, 5.41) is 0. The number of nitrogens with zero attached hydrogens (tertiary/aromatic N) is 4. The van der Waals surface area contributed by atoms with Gasteiger partial charge in [-0.1, -0.05) is 13.3 Å². The molecule has 0 radical (unpaired) electrons. The molecule has 0 saturated carbocycles. The summed E-state index contributed by atoms with van der Waals surface area (Å²) in [6.45, 7) is 9.78. The second kappa shape index (κ2) is 6.70. The van der Waals surface area contributed by atoms with Gasteiger partial charge in [0.25, 0.3) is 0 Å². The molecule has 3 heterocycles. The summed E-state index contributed by atoms with van der Waals surface area (Å²) in [6, 6.07) is 1.24. The lowest BCUT2D eigenvalue weighted by atomic mass is 10.0. The number of morpholine rings is 1. The zero-order valence-electron chi connectivity index (χ0n) is 12.4. The van der Waals surface area contributed by atoms with Crippen molar-refractivity contribution in [3.05, 3.63) is 18.7 Å². The first-order valence-corrected chi connectivity index (χ1v) is 7.88. The van der Waals surface area contributed by atoms with E-state index in [-0.39, 0.29) is 0 Å². The molecule has 20 heavy (non-hydrogen) atoms. The van der Waals surface area contributed by atoms with Gasteiger partial charge in [-0.2, -0.15) is 0 Å². The summed E-state index contributed by atoms with van der Waals surface area (Å²) in [4.78, 5) is 9.36. The molecule has 0 aromatic carbocycles. The number of fused-ring (bicyclic) bond motifs is 1. The predicted molar refractivity (Wildman–Crippen MR) is 78.7 cm³/mol. The minimum Gasteiger partial charge on any atom is -0.378 e. The van der Waals surface area contributed by atoms with Gasteiger partial charge in [-0.3, -0.25) is 9.80 Å². The van der Waals surface area contributed by atoms with Gasteiger partial charge in [0.05, 0.1) is 19.5 Å². The number of ether oxygens (including phenoxy) is 1. The average Bonchev–Trinajstić information content (AvgIpc) is 2.99. The fourth-order valence-corrected chi connectivity index (χ4v) is 3.46. The summed E-state index contributed by atoms with van der Waals surface area (Å²) in [6.07, 6.45) is 8.31. The van der Waals surface area contributed by atoms with E-state index in [4.69, 9.17) is 4.74 Å². The van der Waals surface area contributed by atoms with Crippen molar-refractivity contribution in [2.24, 2.45) is 0 Å². The molecule has 5 nitrogen and oxygen atoms in total. The van der Waals surface area contributed by atoms with Gasteiger partial charge in [0, 0.05) is 57.2 Å². The van der Waals surface area contributed by atoms with Crippen LogP contribution in [0.3, 0.4) is 0 Å². The van der Waals surface area contributed by atoms with E-state index in [9.17, 15) is 0 Å². The minimum absolute atomic E-state index is 0.594. The van der Waals surface area contributed by atoms with Crippen LogP contribution in [0.15, 0.2) is 18.7 Å².